The first-order valence-corrected chi connectivity index (χ1v) is 27.2. The van der Waals surface area contributed by atoms with Crippen molar-refractivity contribution in [3.8, 4) is 10.6 Å². The number of benzene rings is 9. The Kier molecular flexibility index (Phi) is 11.8. The average Bonchev–Trinajstić information content (AvgIpc) is 3.80. The van der Waals surface area contributed by atoms with Gasteiger partial charge >= 0.3 is 0 Å². The first-order chi connectivity index (χ1) is 31.6. The summed E-state index contributed by atoms with van der Waals surface area (Å²) in [6.07, 6.45) is 18.4. The maximum Gasteiger partial charge on any atom is 0.00751 e. The molecule has 0 aliphatic carbocycles. The van der Waals surface area contributed by atoms with Crippen LogP contribution in [0.1, 0.15) is 102 Å². The summed E-state index contributed by atoms with van der Waals surface area (Å²) >= 11 is 0. The van der Waals surface area contributed by atoms with Gasteiger partial charge < -0.3 is 0 Å². The van der Waals surface area contributed by atoms with Gasteiger partial charge in [0.15, 0.2) is 0 Å². The van der Waals surface area contributed by atoms with Gasteiger partial charge in [-0.1, -0.05) is 190 Å². The van der Waals surface area contributed by atoms with Gasteiger partial charge in [-0.15, -0.1) is 0 Å². The highest BCUT2D eigenvalue weighted by Crippen LogP contribution is 2.61. The van der Waals surface area contributed by atoms with Crippen LogP contribution >= 0.6 is 15.1 Å². The highest BCUT2D eigenvalue weighted by atomic mass is 31.1. The molecule has 11 rings (SSSR count). The van der Waals surface area contributed by atoms with Gasteiger partial charge in [0, 0.05) is 20.5 Å². The van der Waals surface area contributed by atoms with E-state index in [2.05, 4.69) is 172 Å². The quantitative estimate of drug-likeness (QED) is 0.0670. The molecule has 0 amide bonds. The van der Waals surface area contributed by atoms with Crippen molar-refractivity contribution in [3.63, 3.8) is 0 Å². The number of hydrogen-bond donors (Lipinski definition) is 0. The van der Waals surface area contributed by atoms with Crippen molar-refractivity contribution in [2.75, 3.05) is 0 Å². The van der Waals surface area contributed by atoms with E-state index < -0.39 is 15.1 Å². The van der Waals surface area contributed by atoms with E-state index in [0.29, 0.717) is 0 Å². The van der Waals surface area contributed by atoms with E-state index in [1.54, 1.807) is 0 Å². The second-order valence-corrected chi connectivity index (χ2v) is 23.1. The maximum atomic E-state index is 2.67. The van der Waals surface area contributed by atoms with Crippen LogP contribution in [0.3, 0.4) is 0 Å². The monoisotopic (exact) mass is 866 g/mol. The second kappa shape index (κ2) is 18.2. The van der Waals surface area contributed by atoms with E-state index in [9.17, 15) is 0 Å². The largest absolute Gasteiger partial charge is 0.0772 e. The van der Waals surface area contributed by atoms with Crippen LogP contribution in [0.25, 0.3) is 95.7 Å². The van der Waals surface area contributed by atoms with Crippen LogP contribution in [0.2, 0.25) is 0 Å². The second-order valence-electron chi connectivity index (χ2n) is 18.8. The zero-order valence-electron chi connectivity index (χ0n) is 37.8. The fraction of sp³-hybridized carbons (Fsp3) is 0.258. The predicted molar refractivity (Wildman–Crippen MR) is 289 cm³/mol. The van der Waals surface area contributed by atoms with Gasteiger partial charge in [0.2, 0.25) is 0 Å². The molecular weight excluding hydrogens is 807 g/mol. The molecule has 0 nitrogen and oxygen atoms in total. The van der Waals surface area contributed by atoms with Gasteiger partial charge in [0.1, 0.15) is 0 Å². The number of aryl methyl sites for hydroxylation is 2. The Bertz CT molecular complexity index is 3220. The lowest BCUT2D eigenvalue weighted by Gasteiger charge is -2.08. The Morgan fingerprint density at radius 2 is 0.594 bits per heavy atom. The van der Waals surface area contributed by atoms with E-state index in [4.69, 9.17) is 0 Å². The minimum Gasteiger partial charge on any atom is -0.0772 e. The molecule has 2 heterocycles. The molecule has 0 aliphatic heterocycles. The number of fused-ring (bicyclic) bond motifs is 10. The lowest BCUT2D eigenvalue weighted by molar-refractivity contribution is 0.607. The highest BCUT2D eigenvalue weighted by Gasteiger charge is 2.21. The first kappa shape index (κ1) is 41.3. The Morgan fingerprint density at radius 1 is 0.281 bits per heavy atom. The van der Waals surface area contributed by atoms with Crippen molar-refractivity contribution >= 4 is 100 Å². The van der Waals surface area contributed by atoms with Crippen LogP contribution in [0.4, 0.5) is 0 Å². The van der Waals surface area contributed by atoms with E-state index in [0.717, 1.165) is 0 Å². The van der Waals surface area contributed by atoms with Crippen LogP contribution < -0.4 is 0 Å². The molecular formula is C62H60P2. The van der Waals surface area contributed by atoms with Gasteiger partial charge in [0.25, 0.3) is 0 Å². The molecule has 0 saturated carbocycles. The molecule has 9 aromatic carbocycles. The van der Waals surface area contributed by atoms with Crippen molar-refractivity contribution < 1.29 is 0 Å². The maximum absolute atomic E-state index is 2.67. The number of rotatable bonds is 16. The minimum atomic E-state index is -0.755. The molecule has 318 valence electrons. The van der Waals surface area contributed by atoms with Crippen LogP contribution in [-0.2, 0) is 12.8 Å². The van der Waals surface area contributed by atoms with Crippen LogP contribution in [0.5, 0.6) is 0 Å². The first-order valence-electron chi connectivity index (χ1n) is 24.5. The van der Waals surface area contributed by atoms with Gasteiger partial charge in [-0.3, -0.25) is 0 Å². The van der Waals surface area contributed by atoms with Crippen LogP contribution in [0, 0.1) is 0 Å². The molecule has 0 saturated heterocycles. The van der Waals surface area contributed by atoms with E-state index in [1.807, 2.05) is 0 Å². The molecule has 2 heteroatoms. The molecule has 2 atom stereocenters. The van der Waals surface area contributed by atoms with Crippen molar-refractivity contribution in [2.45, 2.75) is 104 Å². The molecule has 64 heavy (non-hydrogen) atoms. The fourth-order valence-corrected chi connectivity index (χ4v) is 16.1. The van der Waals surface area contributed by atoms with Crippen LogP contribution in [0.15, 0.2) is 158 Å². The van der Waals surface area contributed by atoms with E-state index >= 15 is 0 Å². The van der Waals surface area contributed by atoms with E-state index in [-0.39, 0.29) is 0 Å². The SMILES string of the molecule is CCCCCCCCc1ccc(-p2c3cc4cc5ccccc5cc4cc3c3cc4c(cc32)c2cc3cc5ccccc5cc3cc2p4-c2ccc(CCCCCCCC)cc2)cc1. The topological polar surface area (TPSA) is 0 Å². The molecule has 0 radical (unpaired) electrons. The summed E-state index contributed by atoms with van der Waals surface area (Å²) < 4.78 is 0. The molecule has 0 bridgehead atoms. The van der Waals surface area contributed by atoms with Gasteiger partial charge in [0.05, 0.1) is 0 Å². The summed E-state index contributed by atoms with van der Waals surface area (Å²) in [7, 11) is -1.51. The Labute approximate surface area is 381 Å². The number of unbranched alkanes of at least 4 members (excludes halogenated alkanes) is 10. The summed E-state index contributed by atoms with van der Waals surface area (Å²) in [5.74, 6) is 0. The standard InChI is InChI=1S/C62H60P2/c1-3-5-7-9-11-13-19-43-25-29-53(30-26-43)63-59-39-51-35-47-23-17-15-21-45(47)33-49(51)37-55(59)57-42-62-58(41-61(57)63)56-38-50-34-46-22-16-18-24-48(46)36-52(50)40-60(56)64(62)54-31-27-44(28-32-54)20-14-12-10-8-6-4-2/h15-18,21-42H,3-14,19-20H2,1-2H3. The smallest absolute Gasteiger partial charge is 0.00751 e. The van der Waals surface area contributed by atoms with Gasteiger partial charge in [-0.2, -0.15) is 0 Å². The molecule has 2 unspecified atom stereocenters. The fourth-order valence-electron chi connectivity index (χ4n) is 10.8. The van der Waals surface area contributed by atoms with Crippen molar-refractivity contribution in [3.05, 3.63) is 169 Å². The lowest BCUT2D eigenvalue weighted by atomic mass is 10.0. The third-order valence-electron chi connectivity index (χ3n) is 14.3. The van der Waals surface area contributed by atoms with E-state index in [1.165, 1.54) is 197 Å². The molecule has 2 aromatic heterocycles. The van der Waals surface area contributed by atoms with Gasteiger partial charge in [-0.25, -0.2) is 0 Å². The van der Waals surface area contributed by atoms with Crippen molar-refractivity contribution in [1.29, 1.82) is 0 Å². The number of hydrogen-bond acceptors (Lipinski definition) is 0. The molecule has 0 fully saturated rings. The van der Waals surface area contributed by atoms with Crippen molar-refractivity contribution in [1.82, 2.24) is 0 Å². The highest BCUT2D eigenvalue weighted by molar-refractivity contribution is 7.69. The summed E-state index contributed by atoms with van der Waals surface area (Å²) in [5, 5.41) is 25.3. The summed E-state index contributed by atoms with van der Waals surface area (Å²) in [4.78, 5) is 0. The Hall–Kier alpha value is -5.38. The molecule has 0 N–H and O–H groups in total. The summed E-state index contributed by atoms with van der Waals surface area (Å²) in [5.41, 5.74) is 2.95. The summed E-state index contributed by atoms with van der Waals surface area (Å²) in [6.45, 7) is 4.61. The Balaban J connectivity index is 1.11. The zero-order valence-corrected chi connectivity index (χ0v) is 39.6. The molecule has 0 aliphatic rings. The summed E-state index contributed by atoms with van der Waals surface area (Å²) in [6, 6.07) is 62.7. The van der Waals surface area contributed by atoms with Crippen molar-refractivity contribution in [2.24, 2.45) is 0 Å². The van der Waals surface area contributed by atoms with Gasteiger partial charge in [-0.05, 0) is 173 Å². The van der Waals surface area contributed by atoms with Crippen LogP contribution in [-0.4, -0.2) is 0 Å². The zero-order chi connectivity index (χ0) is 43.0. The molecule has 0 spiro atoms. The average molecular weight is 867 g/mol. The lowest BCUT2D eigenvalue weighted by Crippen LogP contribution is -1.86. The third-order valence-corrected chi connectivity index (χ3v) is 19.4. The molecule has 11 aromatic rings. The normalized spacial score (nSPS) is 12.7. The predicted octanol–water partition coefficient (Wildman–Crippen LogP) is 20.7. The third kappa shape index (κ3) is 7.93. The minimum absolute atomic E-state index is 0.755. The Morgan fingerprint density at radius 3 is 0.969 bits per heavy atom.